The first-order valence-electron chi connectivity index (χ1n) is 8.15. The van der Waals surface area contributed by atoms with E-state index in [2.05, 4.69) is 39.7 Å². The topological polar surface area (TPSA) is 66.6 Å². The van der Waals surface area contributed by atoms with Gasteiger partial charge in [0.05, 0.1) is 0 Å². The second-order valence-corrected chi connectivity index (χ2v) is 5.78. The summed E-state index contributed by atoms with van der Waals surface area (Å²) in [5.41, 5.74) is 0.857. The van der Waals surface area contributed by atoms with E-state index in [1.807, 2.05) is 28.8 Å². The molecule has 2 aromatic rings. The van der Waals surface area contributed by atoms with Crippen LogP contribution in [0.3, 0.4) is 0 Å². The summed E-state index contributed by atoms with van der Waals surface area (Å²) in [6, 6.07) is 6.47. The van der Waals surface area contributed by atoms with Gasteiger partial charge in [0.15, 0.2) is 17.4 Å². The van der Waals surface area contributed by atoms with Crippen molar-refractivity contribution in [3.8, 4) is 0 Å². The van der Waals surface area contributed by atoms with Crippen molar-refractivity contribution in [2.75, 3.05) is 6.54 Å². The molecule has 1 saturated carbocycles. The Morgan fingerprint density at radius 3 is 3.00 bits per heavy atom. The molecule has 1 aliphatic rings. The molecule has 3 rings (SSSR count). The minimum atomic E-state index is 0. The summed E-state index contributed by atoms with van der Waals surface area (Å²) < 4.78 is 1.98. The molecule has 0 spiro atoms. The molecular formula is C16H25IN6. The first-order valence-corrected chi connectivity index (χ1v) is 8.15. The third-order valence-corrected chi connectivity index (χ3v) is 4.01. The van der Waals surface area contributed by atoms with E-state index in [1.165, 1.54) is 19.3 Å². The minimum absolute atomic E-state index is 0. The lowest BCUT2D eigenvalue weighted by Crippen LogP contribution is -2.39. The molecular weight excluding hydrogens is 403 g/mol. The van der Waals surface area contributed by atoms with Gasteiger partial charge in [-0.25, -0.2) is 4.99 Å². The molecule has 7 heteroatoms. The quantitative estimate of drug-likeness (QED) is 0.422. The number of hydrogen-bond donors (Lipinski definition) is 2. The number of rotatable bonds is 6. The Kier molecular flexibility index (Phi) is 6.61. The van der Waals surface area contributed by atoms with Gasteiger partial charge in [0.1, 0.15) is 6.54 Å². The van der Waals surface area contributed by atoms with Crippen LogP contribution >= 0.6 is 24.0 Å². The van der Waals surface area contributed by atoms with E-state index < -0.39 is 0 Å². The molecule has 126 valence electrons. The maximum Gasteiger partial charge on any atom is 0.191 e. The Balaban J connectivity index is 0.00000192. The molecule has 0 aliphatic heterocycles. The van der Waals surface area contributed by atoms with Gasteiger partial charge < -0.3 is 10.6 Å². The Morgan fingerprint density at radius 1 is 1.35 bits per heavy atom. The molecule has 0 bridgehead atoms. The van der Waals surface area contributed by atoms with E-state index in [9.17, 15) is 0 Å². The highest BCUT2D eigenvalue weighted by Gasteiger charge is 2.36. The second kappa shape index (κ2) is 8.47. The van der Waals surface area contributed by atoms with Gasteiger partial charge in [0.25, 0.3) is 0 Å². The molecule has 2 atom stereocenters. The van der Waals surface area contributed by atoms with Crippen LogP contribution in [0.4, 0.5) is 0 Å². The maximum atomic E-state index is 4.65. The van der Waals surface area contributed by atoms with Crippen LogP contribution in [0.2, 0.25) is 0 Å². The average molecular weight is 428 g/mol. The number of aromatic nitrogens is 3. The number of hydrogen-bond acceptors (Lipinski definition) is 3. The molecule has 2 unspecified atom stereocenters. The van der Waals surface area contributed by atoms with Crippen molar-refractivity contribution in [1.82, 2.24) is 25.2 Å². The molecule has 2 aromatic heterocycles. The van der Waals surface area contributed by atoms with Crippen LogP contribution in [-0.4, -0.2) is 33.1 Å². The molecule has 6 nitrogen and oxygen atoms in total. The van der Waals surface area contributed by atoms with Gasteiger partial charge in [-0.15, -0.1) is 34.2 Å². The van der Waals surface area contributed by atoms with Crippen molar-refractivity contribution >= 4 is 35.6 Å². The normalized spacial score (nSPS) is 20.2. The van der Waals surface area contributed by atoms with Crippen molar-refractivity contribution < 1.29 is 0 Å². The summed E-state index contributed by atoms with van der Waals surface area (Å²) in [7, 11) is 0. The summed E-state index contributed by atoms with van der Waals surface area (Å²) >= 11 is 0. The SMILES string of the molecule is CCCC1CC1NC(=NCc1nnc2ccccn12)NCC.I. The van der Waals surface area contributed by atoms with Gasteiger partial charge in [-0.05, 0) is 37.8 Å². The molecule has 0 aromatic carbocycles. The molecule has 2 N–H and O–H groups in total. The summed E-state index contributed by atoms with van der Waals surface area (Å²) in [5, 5.41) is 15.2. The van der Waals surface area contributed by atoms with E-state index in [1.54, 1.807) is 0 Å². The Bertz CT molecular complexity index is 653. The fourth-order valence-electron chi connectivity index (χ4n) is 2.76. The Labute approximate surface area is 154 Å². The molecule has 0 radical (unpaired) electrons. The highest BCUT2D eigenvalue weighted by atomic mass is 127. The van der Waals surface area contributed by atoms with E-state index in [-0.39, 0.29) is 24.0 Å². The fourth-order valence-corrected chi connectivity index (χ4v) is 2.76. The highest BCUT2D eigenvalue weighted by molar-refractivity contribution is 14.0. The number of guanidine groups is 1. The molecule has 1 fully saturated rings. The van der Waals surface area contributed by atoms with Crippen molar-refractivity contribution in [1.29, 1.82) is 0 Å². The van der Waals surface area contributed by atoms with Crippen molar-refractivity contribution in [2.45, 2.75) is 45.7 Å². The van der Waals surface area contributed by atoms with E-state index >= 15 is 0 Å². The van der Waals surface area contributed by atoms with Crippen LogP contribution in [0.1, 0.15) is 38.9 Å². The molecule has 0 saturated heterocycles. The van der Waals surface area contributed by atoms with Crippen LogP contribution in [0.15, 0.2) is 29.4 Å². The van der Waals surface area contributed by atoms with Gasteiger partial charge >= 0.3 is 0 Å². The Morgan fingerprint density at radius 2 is 2.22 bits per heavy atom. The van der Waals surface area contributed by atoms with Gasteiger partial charge in [-0.1, -0.05) is 19.4 Å². The van der Waals surface area contributed by atoms with Gasteiger partial charge in [0, 0.05) is 18.8 Å². The molecule has 0 amide bonds. The smallest absolute Gasteiger partial charge is 0.191 e. The van der Waals surface area contributed by atoms with Crippen LogP contribution in [-0.2, 0) is 6.54 Å². The zero-order chi connectivity index (χ0) is 15.4. The first kappa shape index (κ1) is 18.0. The number of aliphatic imine (C=N–C) groups is 1. The molecule has 23 heavy (non-hydrogen) atoms. The van der Waals surface area contributed by atoms with Crippen molar-refractivity contribution in [2.24, 2.45) is 10.9 Å². The van der Waals surface area contributed by atoms with E-state index in [0.29, 0.717) is 12.6 Å². The van der Waals surface area contributed by atoms with E-state index in [4.69, 9.17) is 0 Å². The van der Waals surface area contributed by atoms with E-state index in [0.717, 1.165) is 29.9 Å². The lowest BCUT2D eigenvalue weighted by atomic mass is 10.2. The number of nitrogens with zero attached hydrogens (tertiary/aromatic N) is 4. The monoisotopic (exact) mass is 428 g/mol. The highest BCUT2D eigenvalue weighted by Crippen LogP contribution is 2.34. The fraction of sp³-hybridized carbons (Fsp3) is 0.562. The standard InChI is InChI=1S/C16H24N6.HI/c1-3-7-12-10-13(12)19-16(17-4-2)18-11-15-21-20-14-8-5-6-9-22(14)15;/h5-6,8-9,12-13H,3-4,7,10-11H2,1-2H3,(H2,17,18,19);1H. The largest absolute Gasteiger partial charge is 0.357 e. The predicted molar refractivity (Wildman–Crippen MR) is 103 cm³/mol. The zero-order valence-corrected chi connectivity index (χ0v) is 16.0. The summed E-state index contributed by atoms with van der Waals surface area (Å²) in [6.45, 7) is 5.70. The molecule has 1 aliphatic carbocycles. The van der Waals surface area contributed by atoms with Crippen molar-refractivity contribution in [3.63, 3.8) is 0 Å². The Hall–Kier alpha value is -1.38. The lowest BCUT2D eigenvalue weighted by Gasteiger charge is -2.10. The number of nitrogens with one attached hydrogen (secondary N) is 2. The maximum absolute atomic E-state index is 4.65. The predicted octanol–water partition coefficient (Wildman–Crippen LogP) is 2.59. The lowest BCUT2D eigenvalue weighted by molar-refractivity contribution is 0.655. The van der Waals surface area contributed by atoms with Crippen molar-refractivity contribution in [3.05, 3.63) is 30.2 Å². The van der Waals surface area contributed by atoms with Gasteiger partial charge in [-0.2, -0.15) is 0 Å². The van der Waals surface area contributed by atoms with Crippen LogP contribution in [0, 0.1) is 5.92 Å². The number of halogens is 1. The summed E-state index contributed by atoms with van der Waals surface area (Å²) in [6.07, 6.45) is 5.78. The average Bonchev–Trinajstić information content (AvgIpc) is 3.12. The summed E-state index contributed by atoms with van der Waals surface area (Å²) in [5.74, 6) is 2.54. The third-order valence-electron chi connectivity index (χ3n) is 4.01. The molecule has 2 heterocycles. The van der Waals surface area contributed by atoms with Gasteiger partial charge in [-0.3, -0.25) is 4.40 Å². The third kappa shape index (κ3) is 4.55. The van der Waals surface area contributed by atoms with Gasteiger partial charge in [0.2, 0.25) is 0 Å². The summed E-state index contributed by atoms with van der Waals surface area (Å²) in [4.78, 5) is 4.65. The number of pyridine rings is 1. The van der Waals surface area contributed by atoms with Crippen LogP contribution < -0.4 is 10.6 Å². The van der Waals surface area contributed by atoms with Crippen LogP contribution in [0.25, 0.3) is 5.65 Å². The minimum Gasteiger partial charge on any atom is -0.357 e. The second-order valence-electron chi connectivity index (χ2n) is 5.78. The van der Waals surface area contributed by atoms with Crippen LogP contribution in [0.5, 0.6) is 0 Å². The zero-order valence-electron chi connectivity index (χ0n) is 13.7. The number of fused-ring (bicyclic) bond motifs is 1. The first-order chi connectivity index (χ1) is 10.8.